The van der Waals surface area contributed by atoms with E-state index in [-0.39, 0.29) is 39.3 Å². The fourth-order valence-electron chi connectivity index (χ4n) is 5.27. The molecule has 2 aromatic rings. The van der Waals surface area contributed by atoms with Crippen molar-refractivity contribution >= 4 is 46.3 Å². The van der Waals surface area contributed by atoms with Gasteiger partial charge in [-0.3, -0.25) is 23.9 Å². The van der Waals surface area contributed by atoms with Crippen molar-refractivity contribution in [2.24, 2.45) is 0 Å². The lowest BCUT2D eigenvalue weighted by Crippen LogP contribution is -2.61. The molecule has 2 heterocycles. The highest BCUT2D eigenvalue weighted by Crippen LogP contribution is 2.38. The topological polar surface area (TPSA) is 110 Å². The van der Waals surface area contributed by atoms with Crippen LogP contribution in [0.5, 0.6) is 0 Å². The van der Waals surface area contributed by atoms with E-state index in [1.807, 2.05) is 0 Å². The largest absolute Gasteiger partial charge is 0.405 e. The monoisotopic (exact) mass is 606 g/mol. The quantitative estimate of drug-likeness (QED) is 0.478. The Labute approximate surface area is 246 Å². The Morgan fingerprint density at radius 2 is 1.83 bits per heavy atom. The van der Waals surface area contributed by atoms with E-state index in [9.17, 15) is 32.8 Å². The number of carbonyl (C=O) groups is 2. The highest BCUT2D eigenvalue weighted by molar-refractivity contribution is 7.07. The van der Waals surface area contributed by atoms with Gasteiger partial charge < -0.3 is 15.5 Å². The van der Waals surface area contributed by atoms with Gasteiger partial charge in [-0.15, -0.1) is 11.3 Å². The van der Waals surface area contributed by atoms with Gasteiger partial charge in [-0.05, 0) is 72.1 Å². The summed E-state index contributed by atoms with van der Waals surface area (Å²) in [6.07, 6.45) is -0.101. The summed E-state index contributed by atoms with van der Waals surface area (Å²) in [4.78, 5) is 42.5. The van der Waals surface area contributed by atoms with E-state index in [1.54, 1.807) is 54.5 Å². The second-order valence-corrected chi connectivity index (χ2v) is 12.5. The second-order valence-electron chi connectivity index (χ2n) is 11.5. The third-order valence-corrected chi connectivity index (χ3v) is 8.67. The molecule has 1 aromatic heterocycles. The van der Waals surface area contributed by atoms with Crippen LogP contribution in [0, 0.1) is 11.3 Å². The van der Waals surface area contributed by atoms with Gasteiger partial charge in [-0.25, -0.2) is 0 Å². The molecular weight excluding hydrogens is 569 g/mol. The number of halogens is 3. The van der Waals surface area contributed by atoms with Crippen LogP contribution in [-0.2, 0) is 16.1 Å². The van der Waals surface area contributed by atoms with Crippen LogP contribution in [0.1, 0.15) is 53.9 Å². The lowest BCUT2D eigenvalue weighted by Gasteiger charge is -2.52. The first-order valence-electron chi connectivity index (χ1n) is 13.6. The zero-order valence-electron chi connectivity index (χ0n) is 24.7. The van der Waals surface area contributed by atoms with Crippen LogP contribution < -0.4 is 30.3 Å². The molecule has 42 heavy (non-hydrogen) atoms. The summed E-state index contributed by atoms with van der Waals surface area (Å²) in [6.45, 7) is 9.05. The minimum atomic E-state index is -4.65. The van der Waals surface area contributed by atoms with Crippen molar-refractivity contribution in [3.05, 3.63) is 43.8 Å². The Bertz CT molecular complexity index is 1540. The molecule has 1 aromatic carbocycles. The summed E-state index contributed by atoms with van der Waals surface area (Å²) in [5.41, 5.74) is -0.0742. The van der Waals surface area contributed by atoms with E-state index < -0.39 is 29.8 Å². The number of likely N-dealkylation sites (tertiary alicyclic amines) is 1. The predicted molar refractivity (Wildman–Crippen MR) is 158 cm³/mol. The summed E-state index contributed by atoms with van der Waals surface area (Å²) in [5.74, 6) is -1.27. The maximum absolute atomic E-state index is 13.3. The van der Waals surface area contributed by atoms with E-state index in [2.05, 4.69) is 37.9 Å². The van der Waals surface area contributed by atoms with Gasteiger partial charge in [0.2, 0.25) is 5.91 Å². The summed E-state index contributed by atoms with van der Waals surface area (Å²) in [7, 11) is 1.71. The summed E-state index contributed by atoms with van der Waals surface area (Å²) >= 11 is 0.819. The Hall–Kier alpha value is -3.63. The molecule has 1 aliphatic heterocycles. The molecule has 0 spiro atoms. The van der Waals surface area contributed by atoms with Crippen LogP contribution in [0.2, 0.25) is 0 Å². The SMILES string of the molecule is CCn1c(=O)/c(=C\Nc2cccc(N(C)C(=O)CN3C(C)(C)CCCC3(C)C)c2)s/c1=C(\C#N)C(=O)NCC(F)(F)F. The number of amides is 2. The molecule has 0 bridgehead atoms. The van der Waals surface area contributed by atoms with Gasteiger partial charge in [-0.2, -0.15) is 18.4 Å². The molecule has 0 atom stereocenters. The van der Waals surface area contributed by atoms with Crippen molar-refractivity contribution in [2.75, 3.05) is 30.4 Å². The highest BCUT2D eigenvalue weighted by Gasteiger charge is 2.42. The third kappa shape index (κ3) is 7.60. The van der Waals surface area contributed by atoms with Crippen LogP contribution in [-0.4, -0.2) is 58.7 Å². The molecule has 2 N–H and O–H groups in total. The molecule has 3 rings (SSSR count). The number of rotatable bonds is 8. The summed E-state index contributed by atoms with van der Waals surface area (Å²) in [6, 6.07) is 8.70. The number of piperidine rings is 1. The standard InChI is InChI=1S/C29H37F3N6O3S/c1-7-37-25(41)22(42-26(37)21(15-33)24(40)35-18-29(30,31)32)16-34-19-10-8-11-20(14-19)36(6)23(39)17-38-27(2,3)12-9-13-28(38,4)5/h8,10-11,14,16,34H,7,9,12-13,17-18H2,1-6H3,(H,35,40)/b22-16+,26-21+. The van der Waals surface area contributed by atoms with Gasteiger partial charge in [0.15, 0.2) is 5.57 Å². The minimum absolute atomic E-state index is 0.0413. The van der Waals surface area contributed by atoms with Crippen molar-refractivity contribution in [1.29, 1.82) is 5.26 Å². The van der Waals surface area contributed by atoms with Gasteiger partial charge in [-0.1, -0.05) is 6.07 Å². The number of hydrogen-bond acceptors (Lipinski definition) is 7. The first-order chi connectivity index (χ1) is 19.5. The average molecular weight is 607 g/mol. The first-order valence-corrected chi connectivity index (χ1v) is 14.4. The number of hydrogen-bond donors (Lipinski definition) is 2. The number of nitriles is 1. The fourth-order valence-corrected chi connectivity index (χ4v) is 6.35. The summed E-state index contributed by atoms with van der Waals surface area (Å²) < 4.78 is 38.9. The highest BCUT2D eigenvalue weighted by atomic mass is 32.1. The van der Waals surface area contributed by atoms with Gasteiger partial charge in [0.1, 0.15) is 21.8 Å². The van der Waals surface area contributed by atoms with Crippen LogP contribution in [0.4, 0.5) is 24.5 Å². The van der Waals surface area contributed by atoms with Crippen molar-refractivity contribution in [3.63, 3.8) is 0 Å². The second kappa shape index (κ2) is 12.7. The number of anilines is 2. The van der Waals surface area contributed by atoms with Crippen LogP contribution in [0.25, 0.3) is 11.8 Å². The maximum Gasteiger partial charge on any atom is 0.405 e. The number of carbonyl (C=O) groups excluding carboxylic acids is 2. The van der Waals surface area contributed by atoms with Crippen molar-refractivity contribution in [1.82, 2.24) is 14.8 Å². The van der Waals surface area contributed by atoms with Crippen LogP contribution in [0.3, 0.4) is 0 Å². The predicted octanol–water partition coefficient (Wildman–Crippen LogP) is 3.14. The van der Waals surface area contributed by atoms with Crippen molar-refractivity contribution in [3.8, 4) is 6.07 Å². The average Bonchev–Trinajstić information content (AvgIpc) is 3.22. The molecular formula is C29H37F3N6O3S. The van der Waals surface area contributed by atoms with Gasteiger partial charge in [0.25, 0.3) is 11.5 Å². The van der Waals surface area contributed by atoms with E-state index >= 15 is 0 Å². The lowest BCUT2D eigenvalue weighted by molar-refractivity contribution is -0.135. The summed E-state index contributed by atoms with van der Waals surface area (Å²) in [5, 5.41) is 14.2. The lowest BCUT2D eigenvalue weighted by atomic mass is 9.80. The molecule has 0 unspecified atom stereocenters. The Kier molecular flexibility index (Phi) is 9.95. The van der Waals surface area contributed by atoms with E-state index in [0.29, 0.717) is 11.4 Å². The zero-order valence-corrected chi connectivity index (χ0v) is 25.5. The van der Waals surface area contributed by atoms with Crippen LogP contribution in [0.15, 0.2) is 29.1 Å². The Morgan fingerprint density at radius 1 is 1.19 bits per heavy atom. The molecule has 228 valence electrons. The Balaban J connectivity index is 1.86. The molecule has 2 amide bonds. The number of alkyl halides is 3. The van der Waals surface area contributed by atoms with E-state index in [4.69, 9.17) is 0 Å². The normalized spacial score (nSPS) is 17.8. The molecule has 1 aliphatic rings. The molecule has 0 aliphatic carbocycles. The first kappa shape index (κ1) is 32.9. The van der Waals surface area contributed by atoms with Crippen molar-refractivity contribution in [2.45, 2.75) is 77.7 Å². The number of thiazole rings is 1. The molecule has 9 nitrogen and oxygen atoms in total. The Morgan fingerprint density at radius 3 is 2.40 bits per heavy atom. The third-order valence-electron chi connectivity index (χ3n) is 7.54. The number of benzene rings is 1. The fraction of sp³-hybridized carbons (Fsp3) is 0.517. The number of nitrogens with zero attached hydrogens (tertiary/aromatic N) is 4. The smallest absolute Gasteiger partial charge is 0.360 e. The maximum atomic E-state index is 13.3. The molecule has 13 heteroatoms. The molecule has 1 saturated heterocycles. The molecule has 0 radical (unpaired) electrons. The minimum Gasteiger partial charge on any atom is -0.360 e. The molecule has 1 fully saturated rings. The number of aromatic nitrogens is 1. The molecule has 0 saturated carbocycles. The van der Waals surface area contributed by atoms with Gasteiger partial charge >= 0.3 is 6.18 Å². The van der Waals surface area contributed by atoms with Gasteiger partial charge in [0.05, 0.1) is 6.54 Å². The van der Waals surface area contributed by atoms with Crippen LogP contribution >= 0.6 is 11.3 Å². The zero-order chi connectivity index (χ0) is 31.5. The number of nitrogens with one attached hydrogen (secondary N) is 2. The van der Waals surface area contributed by atoms with Crippen molar-refractivity contribution < 1.29 is 22.8 Å². The van der Waals surface area contributed by atoms with Gasteiger partial charge in [0, 0.05) is 42.2 Å². The van der Waals surface area contributed by atoms with E-state index in [0.717, 1.165) is 35.2 Å². The number of likely N-dealkylation sites (N-methyl/N-ethyl adjacent to an activating group) is 1. The van der Waals surface area contributed by atoms with E-state index in [1.165, 1.54) is 6.20 Å².